The Morgan fingerprint density at radius 3 is 2.41 bits per heavy atom. The van der Waals surface area contributed by atoms with E-state index in [1.54, 1.807) is 45.0 Å². The molecule has 0 radical (unpaired) electrons. The van der Waals surface area contributed by atoms with E-state index in [1.165, 1.54) is 7.11 Å². The minimum atomic E-state index is -0.758. The number of carbonyl (C=O) groups excluding carboxylic acids is 3. The zero-order valence-electron chi connectivity index (χ0n) is 13.1. The Kier molecular flexibility index (Phi) is 5.91. The van der Waals surface area contributed by atoms with Crippen LogP contribution in [-0.4, -0.2) is 30.7 Å². The first-order valence-corrected chi connectivity index (χ1v) is 6.66. The van der Waals surface area contributed by atoms with Gasteiger partial charge in [0.2, 0.25) is 0 Å². The van der Waals surface area contributed by atoms with E-state index in [1.807, 2.05) is 0 Å². The van der Waals surface area contributed by atoms with Crippen molar-refractivity contribution in [1.29, 1.82) is 0 Å². The molecule has 0 fully saturated rings. The molecule has 1 aromatic rings. The summed E-state index contributed by atoms with van der Waals surface area (Å²) in [6, 6.07) is 6.45. The minimum absolute atomic E-state index is 0.0666. The highest BCUT2D eigenvalue weighted by molar-refractivity contribution is 5.95. The van der Waals surface area contributed by atoms with E-state index in [0.29, 0.717) is 11.1 Å². The fourth-order valence-electron chi connectivity index (χ4n) is 1.54. The molecule has 0 atom stereocenters. The first kappa shape index (κ1) is 17.5. The van der Waals surface area contributed by atoms with Gasteiger partial charge in [-0.25, -0.2) is 10.2 Å². The summed E-state index contributed by atoms with van der Waals surface area (Å²) in [6.45, 7) is 5.14. The molecule has 0 aliphatic carbocycles. The highest BCUT2D eigenvalue weighted by atomic mass is 16.6. The second-order valence-corrected chi connectivity index (χ2v) is 5.53. The fourth-order valence-corrected chi connectivity index (χ4v) is 1.54. The van der Waals surface area contributed by atoms with Crippen LogP contribution in [0.1, 0.15) is 36.7 Å². The smallest absolute Gasteiger partial charge is 0.426 e. The zero-order valence-corrected chi connectivity index (χ0v) is 13.1. The van der Waals surface area contributed by atoms with Gasteiger partial charge in [0.15, 0.2) is 0 Å². The van der Waals surface area contributed by atoms with Gasteiger partial charge >= 0.3 is 12.1 Å². The molecule has 0 aromatic heterocycles. The van der Waals surface area contributed by atoms with Gasteiger partial charge in [0, 0.05) is 5.56 Å². The predicted molar refractivity (Wildman–Crippen MR) is 79.0 cm³/mol. The molecule has 0 spiro atoms. The number of esters is 1. The molecular weight excluding hydrogens is 288 g/mol. The van der Waals surface area contributed by atoms with E-state index in [-0.39, 0.29) is 6.42 Å². The Morgan fingerprint density at radius 2 is 1.82 bits per heavy atom. The van der Waals surface area contributed by atoms with E-state index in [0.717, 1.165) is 0 Å². The number of carbonyl (C=O) groups is 3. The van der Waals surface area contributed by atoms with Crippen LogP contribution in [0.15, 0.2) is 24.3 Å². The largest absolute Gasteiger partial charge is 0.469 e. The molecule has 0 unspecified atom stereocenters. The molecule has 120 valence electrons. The molecule has 2 amide bonds. The Hall–Kier alpha value is -2.57. The first-order chi connectivity index (χ1) is 10.2. The molecule has 1 rings (SSSR count). The molecule has 0 saturated carbocycles. The molecule has 0 aliphatic rings. The van der Waals surface area contributed by atoms with Crippen LogP contribution in [0.3, 0.4) is 0 Å². The van der Waals surface area contributed by atoms with Crippen molar-refractivity contribution >= 4 is 18.0 Å². The lowest BCUT2D eigenvalue weighted by Crippen LogP contribution is -2.44. The van der Waals surface area contributed by atoms with E-state index < -0.39 is 23.6 Å². The molecule has 22 heavy (non-hydrogen) atoms. The average molecular weight is 308 g/mol. The molecule has 0 heterocycles. The maximum absolute atomic E-state index is 11.9. The number of hydrogen-bond acceptors (Lipinski definition) is 5. The fraction of sp³-hybridized carbons (Fsp3) is 0.400. The molecule has 0 aliphatic heterocycles. The van der Waals surface area contributed by atoms with Crippen LogP contribution >= 0.6 is 0 Å². The molecule has 0 saturated heterocycles. The summed E-state index contributed by atoms with van der Waals surface area (Å²) < 4.78 is 9.56. The molecule has 7 nitrogen and oxygen atoms in total. The summed E-state index contributed by atoms with van der Waals surface area (Å²) in [7, 11) is 1.30. The standard InChI is InChI=1S/C15H20N2O5/c1-15(2,3)22-14(20)17-16-13(19)11-7-5-6-10(8-11)9-12(18)21-4/h5-8H,9H2,1-4H3,(H,16,19)(H,17,20). The van der Waals surface area contributed by atoms with Gasteiger partial charge < -0.3 is 9.47 Å². The van der Waals surface area contributed by atoms with Crippen LogP contribution in [-0.2, 0) is 20.7 Å². The number of ether oxygens (including phenoxy) is 2. The summed E-state index contributed by atoms with van der Waals surface area (Å²) in [4.78, 5) is 34.6. The van der Waals surface area contributed by atoms with Crippen LogP contribution in [0.2, 0.25) is 0 Å². The maximum atomic E-state index is 11.9. The quantitative estimate of drug-likeness (QED) is 0.653. The van der Waals surface area contributed by atoms with Crippen LogP contribution in [0.25, 0.3) is 0 Å². The van der Waals surface area contributed by atoms with Gasteiger partial charge in [0.1, 0.15) is 5.60 Å². The SMILES string of the molecule is COC(=O)Cc1cccc(C(=O)NNC(=O)OC(C)(C)C)c1. The second kappa shape index (κ2) is 7.44. The molecule has 1 aromatic carbocycles. The third-order valence-electron chi connectivity index (χ3n) is 2.44. The zero-order chi connectivity index (χ0) is 16.8. The number of benzene rings is 1. The maximum Gasteiger partial charge on any atom is 0.426 e. The monoisotopic (exact) mass is 308 g/mol. The van der Waals surface area contributed by atoms with E-state index >= 15 is 0 Å². The van der Waals surface area contributed by atoms with Crippen molar-refractivity contribution in [3.05, 3.63) is 35.4 Å². The van der Waals surface area contributed by atoms with Gasteiger partial charge in [-0.1, -0.05) is 12.1 Å². The first-order valence-electron chi connectivity index (χ1n) is 6.66. The summed E-state index contributed by atoms with van der Waals surface area (Å²) in [5.41, 5.74) is 4.67. The van der Waals surface area contributed by atoms with Gasteiger partial charge in [0.25, 0.3) is 5.91 Å². The normalized spacial score (nSPS) is 10.5. The topological polar surface area (TPSA) is 93.7 Å². The van der Waals surface area contributed by atoms with Gasteiger partial charge in [-0.2, -0.15) is 0 Å². The van der Waals surface area contributed by atoms with Crippen LogP contribution in [0.5, 0.6) is 0 Å². The summed E-state index contributed by atoms with van der Waals surface area (Å²) in [5.74, 6) is -0.915. The lowest BCUT2D eigenvalue weighted by molar-refractivity contribution is -0.139. The van der Waals surface area contributed by atoms with Gasteiger partial charge in [-0.15, -0.1) is 0 Å². The Morgan fingerprint density at radius 1 is 1.14 bits per heavy atom. The highest BCUT2D eigenvalue weighted by Crippen LogP contribution is 2.08. The van der Waals surface area contributed by atoms with Crippen molar-refractivity contribution in [2.24, 2.45) is 0 Å². The summed E-state index contributed by atoms with van der Waals surface area (Å²) in [5, 5.41) is 0. The highest BCUT2D eigenvalue weighted by Gasteiger charge is 2.17. The number of hydrazine groups is 1. The Balaban J connectivity index is 2.60. The number of nitrogens with one attached hydrogen (secondary N) is 2. The van der Waals surface area contributed by atoms with Crippen molar-refractivity contribution < 1.29 is 23.9 Å². The van der Waals surface area contributed by atoms with Gasteiger partial charge in [-0.05, 0) is 38.5 Å². The van der Waals surface area contributed by atoms with Crippen molar-refractivity contribution in [3.63, 3.8) is 0 Å². The van der Waals surface area contributed by atoms with Crippen molar-refractivity contribution in [3.8, 4) is 0 Å². The number of amides is 2. The lowest BCUT2D eigenvalue weighted by atomic mass is 10.1. The molecule has 2 N–H and O–H groups in total. The second-order valence-electron chi connectivity index (χ2n) is 5.53. The molecule has 7 heteroatoms. The third-order valence-corrected chi connectivity index (χ3v) is 2.44. The van der Waals surface area contributed by atoms with Crippen molar-refractivity contribution in [1.82, 2.24) is 10.9 Å². The van der Waals surface area contributed by atoms with Crippen molar-refractivity contribution in [2.45, 2.75) is 32.8 Å². The molecular formula is C15H20N2O5. The van der Waals surface area contributed by atoms with E-state index in [4.69, 9.17) is 4.74 Å². The van der Waals surface area contributed by atoms with Crippen LogP contribution < -0.4 is 10.9 Å². The lowest BCUT2D eigenvalue weighted by Gasteiger charge is -2.19. The van der Waals surface area contributed by atoms with Gasteiger partial charge in [-0.3, -0.25) is 15.0 Å². The number of methoxy groups -OCH3 is 1. The molecule has 0 bridgehead atoms. The van der Waals surface area contributed by atoms with E-state index in [2.05, 4.69) is 15.6 Å². The van der Waals surface area contributed by atoms with Crippen molar-refractivity contribution in [2.75, 3.05) is 7.11 Å². The number of hydrogen-bond donors (Lipinski definition) is 2. The van der Waals surface area contributed by atoms with Gasteiger partial charge in [0.05, 0.1) is 13.5 Å². The average Bonchev–Trinajstić information content (AvgIpc) is 2.43. The van der Waals surface area contributed by atoms with E-state index in [9.17, 15) is 14.4 Å². The third kappa shape index (κ3) is 6.25. The Labute approximate surface area is 128 Å². The van der Waals surface area contributed by atoms with Crippen LogP contribution in [0.4, 0.5) is 4.79 Å². The van der Waals surface area contributed by atoms with Crippen LogP contribution in [0, 0.1) is 0 Å². The minimum Gasteiger partial charge on any atom is -0.469 e. The number of rotatable bonds is 3. The summed E-state index contributed by atoms with van der Waals surface area (Å²) in [6.07, 6.45) is -0.691. The Bertz CT molecular complexity index is 563. The predicted octanol–water partition coefficient (Wildman–Crippen LogP) is 1.57. The summed E-state index contributed by atoms with van der Waals surface area (Å²) >= 11 is 0.